The molecule has 1 aliphatic rings. The van der Waals surface area contributed by atoms with Crippen molar-refractivity contribution in [1.82, 2.24) is 10.9 Å². The molecule has 1 heterocycles. The summed E-state index contributed by atoms with van der Waals surface area (Å²) in [6, 6.07) is 4.80. The highest BCUT2D eigenvalue weighted by Crippen LogP contribution is 2.27. The highest BCUT2D eigenvalue weighted by molar-refractivity contribution is 5.96. The molecule has 2 rings (SSSR count). The summed E-state index contributed by atoms with van der Waals surface area (Å²) >= 11 is 0. The Morgan fingerprint density at radius 1 is 1.32 bits per heavy atom. The fourth-order valence-electron chi connectivity index (χ4n) is 2.14. The number of hydrogen-bond acceptors (Lipinski definition) is 5. The first-order valence-corrected chi connectivity index (χ1v) is 7.18. The van der Waals surface area contributed by atoms with Crippen LogP contribution in [0.5, 0.6) is 11.5 Å². The van der Waals surface area contributed by atoms with Gasteiger partial charge in [0.2, 0.25) is 0 Å². The Labute approximate surface area is 128 Å². The highest BCUT2D eigenvalue weighted by Gasteiger charge is 2.24. The van der Waals surface area contributed by atoms with Crippen molar-refractivity contribution in [3.05, 3.63) is 23.8 Å². The maximum Gasteiger partial charge on any atom is 0.269 e. The third-order valence-corrected chi connectivity index (χ3v) is 3.25. The summed E-state index contributed by atoms with van der Waals surface area (Å²) in [5.41, 5.74) is 5.08. The molecule has 0 saturated carbocycles. The lowest BCUT2D eigenvalue weighted by Crippen LogP contribution is -2.46. The molecule has 1 aromatic carbocycles. The first-order chi connectivity index (χ1) is 10.7. The van der Waals surface area contributed by atoms with E-state index in [4.69, 9.17) is 14.2 Å². The average molecular weight is 308 g/mol. The maximum atomic E-state index is 12.0. The summed E-state index contributed by atoms with van der Waals surface area (Å²) in [5, 5.41) is 0. The molecule has 1 fully saturated rings. The first kappa shape index (κ1) is 16.1. The number of hydrogen-bond donors (Lipinski definition) is 2. The average Bonchev–Trinajstić information content (AvgIpc) is 3.07. The molecule has 2 amide bonds. The molecule has 1 atom stereocenters. The number of ether oxygens (including phenoxy) is 3. The third kappa shape index (κ3) is 3.88. The van der Waals surface area contributed by atoms with Gasteiger partial charge in [-0.15, -0.1) is 0 Å². The second-order valence-electron chi connectivity index (χ2n) is 4.74. The Balaban J connectivity index is 1.95. The molecular formula is C15H20N2O5. The molecule has 2 N–H and O–H groups in total. The smallest absolute Gasteiger partial charge is 0.269 e. The van der Waals surface area contributed by atoms with E-state index in [1.807, 2.05) is 6.92 Å². The summed E-state index contributed by atoms with van der Waals surface area (Å²) in [5.74, 6) is 0.237. The number of carbonyl (C=O) groups excluding carboxylic acids is 2. The van der Waals surface area contributed by atoms with E-state index in [-0.39, 0.29) is 5.91 Å². The van der Waals surface area contributed by atoms with Gasteiger partial charge in [-0.1, -0.05) is 0 Å². The largest absolute Gasteiger partial charge is 0.493 e. The predicted molar refractivity (Wildman–Crippen MR) is 78.7 cm³/mol. The summed E-state index contributed by atoms with van der Waals surface area (Å²) in [7, 11) is 1.50. The monoisotopic (exact) mass is 308 g/mol. The van der Waals surface area contributed by atoms with E-state index < -0.39 is 12.0 Å². The van der Waals surface area contributed by atoms with Gasteiger partial charge in [0.05, 0.1) is 13.7 Å². The fraction of sp³-hybridized carbons (Fsp3) is 0.467. The van der Waals surface area contributed by atoms with Gasteiger partial charge in [0.15, 0.2) is 11.5 Å². The van der Waals surface area contributed by atoms with Crippen LogP contribution < -0.4 is 20.3 Å². The van der Waals surface area contributed by atoms with E-state index >= 15 is 0 Å². The number of methoxy groups -OCH3 is 1. The summed E-state index contributed by atoms with van der Waals surface area (Å²) in [6.45, 7) is 2.93. The van der Waals surface area contributed by atoms with Gasteiger partial charge in [0, 0.05) is 12.2 Å². The molecule has 0 radical (unpaired) electrons. The van der Waals surface area contributed by atoms with E-state index in [0.717, 1.165) is 6.42 Å². The van der Waals surface area contributed by atoms with Crippen LogP contribution in [-0.4, -0.2) is 38.2 Å². The number of hydrazine groups is 1. The highest BCUT2D eigenvalue weighted by atomic mass is 16.5. The summed E-state index contributed by atoms with van der Waals surface area (Å²) < 4.78 is 15.8. The van der Waals surface area contributed by atoms with Crippen LogP contribution in [0.4, 0.5) is 0 Å². The Hall–Kier alpha value is -2.28. The van der Waals surface area contributed by atoms with Crippen LogP contribution in [0.3, 0.4) is 0 Å². The molecule has 120 valence electrons. The lowest BCUT2D eigenvalue weighted by molar-refractivity contribution is -0.130. The van der Waals surface area contributed by atoms with Gasteiger partial charge in [-0.25, -0.2) is 0 Å². The van der Waals surface area contributed by atoms with Gasteiger partial charge in [0.1, 0.15) is 6.10 Å². The van der Waals surface area contributed by atoms with Crippen molar-refractivity contribution in [2.75, 3.05) is 20.3 Å². The summed E-state index contributed by atoms with van der Waals surface area (Å²) in [4.78, 5) is 23.8. The first-order valence-electron chi connectivity index (χ1n) is 7.18. The zero-order valence-electron chi connectivity index (χ0n) is 12.7. The van der Waals surface area contributed by atoms with Gasteiger partial charge < -0.3 is 14.2 Å². The van der Waals surface area contributed by atoms with Crippen molar-refractivity contribution in [3.8, 4) is 11.5 Å². The second kappa shape index (κ2) is 7.65. The summed E-state index contributed by atoms with van der Waals surface area (Å²) in [6.07, 6.45) is 1.02. The number of benzene rings is 1. The van der Waals surface area contributed by atoms with Crippen LogP contribution >= 0.6 is 0 Å². The number of amides is 2. The van der Waals surface area contributed by atoms with Gasteiger partial charge in [-0.2, -0.15) is 0 Å². The van der Waals surface area contributed by atoms with Crippen molar-refractivity contribution in [2.45, 2.75) is 25.9 Å². The Kier molecular flexibility index (Phi) is 5.60. The lowest BCUT2D eigenvalue weighted by Gasteiger charge is -2.13. The van der Waals surface area contributed by atoms with Crippen molar-refractivity contribution >= 4 is 11.8 Å². The molecule has 0 aromatic heterocycles. The third-order valence-electron chi connectivity index (χ3n) is 3.25. The second-order valence-corrected chi connectivity index (χ2v) is 4.74. The van der Waals surface area contributed by atoms with Crippen LogP contribution in [0.2, 0.25) is 0 Å². The van der Waals surface area contributed by atoms with Crippen molar-refractivity contribution in [1.29, 1.82) is 0 Å². The molecule has 1 saturated heterocycles. The Bertz CT molecular complexity index is 541. The SMILES string of the molecule is CCOc1ccc(C(=O)NNC(=O)C2CCCO2)cc1OC. The molecule has 7 heteroatoms. The number of carbonyl (C=O) groups is 2. The zero-order chi connectivity index (χ0) is 15.9. The molecule has 0 spiro atoms. The van der Waals surface area contributed by atoms with E-state index in [1.54, 1.807) is 18.2 Å². The fourth-order valence-corrected chi connectivity index (χ4v) is 2.14. The predicted octanol–water partition coefficient (Wildman–Crippen LogP) is 1.03. The minimum absolute atomic E-state index is 0.344. The van der Waals surface area contributed by atoms with E-state index in [1.165, 1.54) is 7.11 Å². The molecule has 1 unspecified atom stereocenters. The molecule has 1 aromatic rings. The standard InChI is InChI=1S/C15H20N2O5/c1-3-21-11-7-6-10(9-13(11)20-2)14(18)16-17-15(19)12-5-4-8-22-12/h6-7,9,12H,3-5,8H2,1-2H3,(H,16,18)(H,17,19). The molecular weight excluding hydrogens is 288 g/mol. The number of nitrogens with one attached hydrogen (secondary N) is 2. The normalized spacial score (nSPS) is 16.9. The van der Waals surface area contributed by atoms with Crippen LogP contribution in [0, 0.1) is 0 Å². The minimum Gasteiger partial charge on any atom is -0.493 e. The van der Waals surface area contributed by atoms with Gasteiger partial charge in [-0.05, 0) is 38.0 Å². The topological polar surface area (TPSA) is 85.9 Å². The number of rotatable bonds is 5. The molecule has 7 nitrogen and oxygen atoms in total. The molecule has 0 aliphatic carbocycles. The Morgan fingerprint density at radius 2 is 2.14 bits per heavy atom. The van der Waals surface area contributed by atoms with Crippen LogP contribution in [0.1, 0.15) is 30.1 Å². The zero-order valence-corrected chi connectivity index (χ0v) is 12.7. The van der Waals surface area contributed by atoms with E-state index in [0.29, 0.717) is 36.7 Å². The molecule has 1 aliphatic heterocycles. The van der Waals surface area contributed by atoms with Crippen molar-refractivity contribution in [2.24, 2.45) is 0 Å². The molecule has 22 heavy (non-hydrogen) atoms. The van der Waals surface area contributed by atoms with E-state index in [9.17, 15) is 9.59 Å². The van der Waals surface area contributed by atoms with E-state index in [2.05, 4.69) is 10.9 Å². The van der Waals surface area contributed by atoms with Gasteiger partial charge in [-0.3, -0.25) is 20.4 Å². The van der Waals surface area contributed by atoms with Crippen LogP contribution in [0.15, 0.2) is 18.2 Å². The Morgan fingerprint density at radius 3 is 2.77 bits per heavy atom. The van der Waals surface area contributed by atoms with Crippen molar-refractivity contribution < 1.29 is 23.8 Å². The minimum atomic E-state index is -0.491. The van der Waals surface area contributed by atoms with Gasteiger partial charge in [0.25, 0.3) is 11.8 Å². The maximum absolute atomic E-state index is 12.0. The quantitative estimate of drug-likeness (QED) is 0.794. The lowest BCUT2D eigenvalue weighted by atomic mass is 10.2. The van der Waals surface area contributed by atoms with Crippen LogP contribution in [0.25, 0.3) is 0 Å². The van der Waals surface area contributed by atoms with Crippen molar-refractivity contribution in [3.63, 3.8) is 0 Å². The molecule has 0 bridgehead atoms. The van der Waals surface area contributed by atoms with Crippen LogP contribution in [-0.2, 0) is 9.53 Å². The van der Waals surface area contributed by atoms with Gasteiger partial charge >= 0.3 is 0 Å².